The summed E-state index contributed by atoms with van der Waals surface area (Å²) in [4.78, 5) is 96.8. The maximum absolute atomic E-state index is 13.7. The van der Waals surface area contributed by atoms with E-state index in [2.05, 4.69) is 54.4 Å². The second-order valence-electron chi connectivity index (χ2n) is 17.7. The molecule has 3 fully saturated rings. The Balaban J connectivity index is 0.873. The van der Waals surface area contributed by atoms with Crippen molar-refractivity contribution in [2.75, 3.05) is 57.3 Å². The van der Waals surface area contributed by atoms with Gasteiger partial charge in [0.25, 0.3) is 17.1 Å². The quantitative estimate of drug-likeness (QED) is 0.0129. The van der Waals surface area contributed by atoms with Gasteiger partial charge in [0.1, 0.15) is 61.2 Å². The van der Waals surface area contributed by atoms with Crippen LogP contribution in [0.3, 0.4) is 0 Å². The van der Waals surface area contributed by atoms with E-state index in [0.29, 0.717) is 0 Å². The number of nitrogens with one attached hydrogen (secondary N) is 2. The van der Waals surface area contributed by atoms with Crippen molar-refractivity contribution in [2.24, 2.45) is 13.0 Å². The lowest BCUT2D eigenvalue weighted by Crippen LogP contribution is -2.45. The lowest BCUT2D eigenvalue weighted by Gasteiger charge is -2.26. The summed E-state index contributed by atoms with van der Waals surface area (Å²) in [5, 5.41) is 33.3. The molecule has 0 saturated carbocycles. The largest absolute Gasteiger partial charge is 0.490 e. The van der Waals surface area contributed by atoms with Gasteiger partial charge < -0.3 is 75.8 Å². The van der Waals surface area contributed by atoms with Gasteiger partial charge >= 0.3 is 36.9 Å². The van der Waals surface area contributed by atoms with Crippen LogP contribution in [0.1, 0.15) is 25.1 Å². The van der Waals surface area contributed by atoms with E-state index in [1.165, 1.54) is 27.1 Å². The number of phosphoric acid groups is 4. The number of imidazole rings is 3. The third-order valence-corrected chi connectivity index (χ3v) is 17.8. The molecule has 15 N–H and O–H groups in total. The van der Waals surface area contributed by atoms with Gasteiger partial charge in [-0.3, -0.25) is 51.4 Å². The summed E-state index contributed by atoms with van der Waals surface area (Å²) >= 11 is 0. The molecule has 9 heterocycles. The zero-order valence-electron chi connectivity index (χ0n) is 41.1. The number of nitrogen functional groups attached to an aromatic ring is 3. The Labute approximate surface area is 445 Å². The molecule has 436 valence electrons. The molecule has 0 aromatic carbocycles. The maximum Gasteiger partial charge on any atom is 0.490 e. The van der Waals surface area contributed by atoms with Crippen molar-refractivity contribution in [3.8, 4) is 12.3 Å². The maximum atomic E-state index is 13.7. The van der Waals surface area contributed by atoms with Crippen LogP contribution in [0.4, 0.5) is 17.7 Å². The number of aromatic amines is 2. The summed E-state index contributed by atoms with van der Waals surface area (Å²) in [6.45, 7) is -3.41. The van der Waals surface area contributed by atoms with Crippen molar-refractivity contribution in [1.29, 1.82) is 0 Å². The van der Waals surface area contributed by atoms with Crippen LogP contribution in [0, 0.1) is 18.3 Å². The molecule has 43 heteroatoms. The highest BCUT2D eigenvalue weighted by Crippen LogP contribution is 2.68. The number of aryl methyl sites for hydroxylation is 1. The third-order valence-electron chi connectivity index (χ3n) is 12.5. The lowest BCUT2D eigenvalue weighted by molar-refractivity contribution is -0.745. The fourth-order valence-electron chi connectivity index (χ4n) is 9.08. The molecule has 6 aromatic rings. The highest BCUT2D eigenvalue weighted by molar-refractivity contribution is 7.66. The SMILES string of the molecule is C#CCOCC[C@H]1[C@@H](O)[C@H]([n+]2cn(C)c3c(=O)[nH]c(N)nc32)O[C@@H]1COP(=O)(O)OP(=O)(O)OP(=O)(O)OC[C@H]1O[C@@H](n2cnc3c(N)ncnc32)[C@H](OC)[C@@H]1OP(=O)(O)OC[C@H]1O[C@@H](n2cnc3c(=O)[nH]c(N)nc32)[C@H](O)[C@@H]1O. The van der Waals surface area contributed by atoms with Gasteiger partial charge in [0.15, 0.2) is 41.4 Å². The molecule has 4 unspecified atom stereocenters. The number of hydrogen-bond donors (Lipinski definition) is 12. The molecular weight excluding hydrogens is 1160 g/mol. The Bertz CT molecular complexity index is 3650. The number of aliphatic hydroxyl groups is 3. The zero-order valence-corrected chi connectivity index (χ0v) is 44.7. The van der Waals surface area contributed by atoms with Crippen molar-refractivity contribution >= 4 is 82.5 Å². The predicted octanol–water partition coefficient (Wildman–Crippen LogP) is -3.42. The number of hydrogen-bond acceptors (Lipinski definition) is 29. The number of rotatable bonds is 23. The number of H-pyrrole nitrogens is 2. The Morgan fingerprint density at radius 2 is 1.35 bits per heavy atom. The van der Waals surface area contributed by atoms with Crippen molar-refractivity contribution in [2.45, 2.75) is 73.9 Å². The van der Waals surface area contributed by atoms with E-state index in [9.17, 15) is 62.7 Å². The summed E-state index contributed by atoms with van der Waals surface area (Å²) < 4.78 is 116. The minimum Gasteiger partial charge on any atom is -0.387 e. The van der Waals surface area contributed by atoms with E-state index >= 15 is 0 Å². The average Bonchev–Trinajstić information content (AvgIpc) is 4.29. The number of aromatic nitrogens is 12. The number of nitrogens with two attached hydrogens (primary N) is 3. The number of fused-ring (bicyclic) bond motifs is 3. The Hall–Kier alpha value is -5.59. The summed E-state index contributed by atoms with van der Waals surface area (Å²) in [7, 11) is -20.9. The first-order chi connectivity index (χ1) is 37.7. The molecule has 16 atom stereocenters. The van der Waals surface area contributed by atoms with Crippen LogP contribution in [-0.4, -0.2) is 177 Å². The molecule has 0 bridgehead atoms. The van der Waals surface area contributed by atoms with Gasteiger partial charge in [0.05, 0.1) is 45.6 Å². The van der Waals surface area contributed by atoms with Gasteiger partial charge in [-0.1, -0.05) is 10.9 Å². The summed E-state index contributed by atoms with van der Waals surface area (Å²) in [5.41, 5.74) is 15.7. The van der Waals surface area contributed by atoms with Gasteiger partial charge in [-0.2, -0.15) is 13.6 Å². The number of phosphoric ester groups is 3. The minimum atomic E-state index is -6.21. The first-order valence-corrected chi connectivity index (χ1v) is 29.0. The van der Waals surface area contributed by atoms with E-state index < -0.39 is 136 Å². The van der Waals surface area contributed by atoms with E-state index in [1.54, 1.807) is 0 Å². The number of aliphatic hydroxyl groups excluding tert-OH is 3. The fraction of sp³-hybridized carbons (Fsp3) is 0.541. The van der Waals surface area contributed by atoms with Gasteiger partial charge in [-0.25, -0.2) is 42.8 Å². The van der Waals surface area contributed by atoms with Crippen molar-refractivity contribution in [1.82, 2.24) is 53.6 Å². The Morgan fingerprint density at radius 3 is 2.04 bits per heavy atom. The fourth-order valence-corrected chi connectivity index (χ4v) is 13.6. The van der Waals surface area contributed by atoms with Gasteiger partial charge in [-0.05, 0) is 6.42 Å². The molecule has 80 heavy (non-hydrogen) atoms. The van der Waals surface area contributed by atoms with Crippen LogP contribution in [-0.2, 0) is 75.7 Å². The summed E-state index contributed by atoms with van der Waals surface area (Å²) in [6, 6.07) is 0. The van der Waals surface area contributed by atoms with E-state index in [4.69, 9.17) is 65.4 Å². The summed E-state index contributed by atoms with van der Waals surface area (Å²) in [6.07, 6.45) is -7.74. The van der Waals surface area contributed by atoms with Gasteiger partial charge in [0.2, 0.25) is 17.7 Å². The standard InChI is InChI=1S/C37H49N15O24P4/c1-4-6-67-7-5-15-16(71-33(22(15)53)52-14-49(2)21-30(52)46-37(40)48-32(21)57)8-69-78(60,61)75-80(64,65)76-79(62,63)70-10-18-25(26(66-3)35(73-18)50-12-43-19-27(38)41-11-42-28(19)50)74-77(58,59)68-9-17-23(54)24(55)34(72-17)51-13-44-20-29(51)45-36(39)47-31(20)56/h1,11-18,22-26,33-35,53-55H,5-10H2,2-3H3,(H11-,38,39,40,41,42,45,46,47,48,56,57,58,59,60,61,62,63,64,65)/p+1/t15-,16-,17-,18-,22-,23-,24-,25-,26-,33-,34-,35-/m1/s1. The highest BCUT2D eigenvalue weighted by atomic mass is 31.3. The average molecular weight is 1210 g/mol. The number of terminal acetylenes is 1. The second-order valence-corrected chi connectivity index (χ2v) is 23.7. The normalized spacial score (nSPS) is 29.2. The molecule has 3 aliphatic rings. The van der Waals surface area contributed by atoms with Crippen LogP contribution in [0.2, 0.25) is 0 Å². The zero-order chi connectivity index (χ0) is 57.8. The second kappa shape index (κ2) is 23.0. The number of anilines is 3. The van der Waals surface area contributed by atoms with Crippen LogP contribution < -0.4 is 32.9 Å². The van der Waals surface area contributed by atoms with Crippen molar-refractivity contribution in [3.05, 3.63) is 46.0 Å². The molecule has 6 aromatic heterocycles. The highest BCUT2D eigenvalue weighted by Gasteiger charge is 2.54. The van der Waals surface area contributed by atoms with Crippen LogP contribution in [0.5, 0.6) is 0 Å². The van der Waals surface area contributed by atoms with Gasteiger partial charge in [0, 0.05) is 19.6 Å². The van der Waals surface area contributed by atoms with Crippen LogP contribution in [0.25, 0.3) is 33.5 Å². The van der Waals surface area contributed by atoms with E-state index in [1.807, 2.05) is 0 Å². The smallest absolute Gasteiger partial charge is 0.387 e. The molecular formula is C37H50N15O24P4+. The van der Waals surface area contributed by atoms with Crippen molar-refractivity contribution in [3.63, 3.8) is 0 Å². The third kappa shape index (κ3) is 12.3. The van der Waals surface area contributed by atoms with Crippen LogP contribution >= 0.6 is 31.3 Å². The first-order valence-electron chi connectivity index (χ1n) is 23.0. The molecule has 3 saturated heterocycles. The van der Waals surface area contributed by atoms with E-state index in [0.717, 1.165) is 30.7 Å². The molecule has 0 amide bonds. The lowest BCUT2D eigenvalue weighted by atomic mass is 9.95. The number of ether oxygens (including phenoxy) is 5. The Kier molecular flexibility index (Phi) is 17.0. The van der Waals surface area contributed by atoms with Gasteiger partial charge in [-0.15, -0.1) is 6.42 Å². The predicted molar refractivity (Wildman–Crippen MR) is 261 cm³/mol. The van der Waals surface area contributed by atoms with E-state index in [-0.39, 0.29) is 70.8 Å². The molecule has 3 aliphatic heterocycles. The molecule has 0 spiro atoms. The monoisotopic (exact) mass is 1210 g/mol. The number of methoxy groups -OCH3 is 1. The summed E-state index contributed by atoms with van der Waals surface area (Å²) in [5.74, 6) is 0.587. The number of nitrogens with zero attached hydrogens (tertiary/aromatic N) is 10. The Morgan fingerprint density at radius 1 is 0.738 bits per heavy atom. The van der Waals surface area contributed by atoms with Crippen LogP contribution in [0.15, 0.2) is 34.9 Å². The van der Waals surface area contributed by atoms with Crippen molar-refractivity contribution < 1.29 is 108 Å². The topological polar surface area (TPSA) is 551 Å². The minimum absolute atomic E-state index is 0.0108. The molecule has 9 rings (SSSR count). The molecule has 0 radical (unpaired) electrons. The molecule has 39 nitrogen and oxygen atoms in total. The molecule has 0 aliphatic carbocycles. The first kappa shape index (κ1) is 59.0.